The Bertz CT molecular complexity index is 16.3. The number of hydrogen-bond donors (Lipinski definition) is 0. The van der Waals surface area contributed by atoms with Crippen molar-refractivity contribution in [3.63, 3.8) is 0 Å². The van der Waals surface area contributed by atoms with E-state index in [-0.39, 0.29) is 17.1 Å². The van der Waals surface area contributed by atoms with Gasteiger partial charge in [0, 0.05) is 17.1 Å². The summed E-state index contributed by atoms with van der Waals surface area (Å²) in [4.78, 5) is 0. The van der Waals surface area contributed by atoms with Crippen molar-refractivity contribution >= 4 is 22.0 Å². The van der Waals surface area contributed by atoms with Crippen LogP contribution >= 0.6 is 0 Å². The Morgan fingerprint density at radius 3 is 2.17 bits per heavy atom. The summed E-state index contributed by atoms with van der Waals surface area (Å²) in [5, 5.41) is 0. The molecule has 6 heavy (non-hydrogen) atoms. The van der Waals surface area contributed by atoms with Gasteiger partial charge in [-0.15, -0.1) is 0 Å². The minimum atomic E-state index is 0. The fourth-order valence-corrected chi connectivity index (χ4v) is 0.354. The van der Waals surface area contributed by atoms with Gasteiger partial charge in [-0.1, -0.05) is 13.2 Å². The molecule has 0 fully saturated rings. The van der Waals surface area contributed by atoms with Crippen LogP contribution in [0.3, 0.4) is 0 Å². The summed E-state index contributed by atoms with van der Waals surface area (Å²) in [5.41, 5.74) is 0. The van der Waals surface area contributed by atoms with Crippen LogP contribution in [0.2, 0.25) is 6.32 Å². The molecule has 0 N–H and O–H groups in total. The molecular weight excluding hydrogens is 111 g/mol. The van der Waals surface area contributed by atoms with Crippen molar-refractivity contribution in [2.75, 3.05) is 0 Å². The van der Waals surface area contributed by atoms with Crippen LogP contribution in [-0.2, 0) is 17.1 Å². The smallest absolute Gasteiger partial charge is 0.0776 e. The maximum absolute atomic E-state index is 2.21. The molecule has 0 rings (SSSR count). The minimum Gasteiger partial charge on any atom is -0.0881 e. The molecule has 0 saturated heterocycles. The van der Waals surface area contributed by atoms with Gasteiger partial charge in [0.1, 0.15) is 0 Å². The molecular formula is C2H9B3Mn. The molecule has 0 amide bonds. The molecule has 33 valence electrons. The Morgan fingerprint density at radius 1 is 1.67 bits per heavy atom. The van der Waals surface area contributed by atoms with Gasteiger partial charge in [-0.3, -0.25) is 0 Å². The van der Waals surface area contributed by atoms with Crippen molar-refractivity contribution in [3.05, 3.63) is 0 Å². The maximum Gasteiger partial charge on any atom is 0.0776 e. The van der Waals surface area contributed by atoms with Gasteiger partial charge in [-0.2, -0.15) is 0 Å². The van der Waals surface area contributed by atoms with Crippen LogP contribution < -0.4 is 0 Å². The van der Waals surface area contributed by atoms with Crippen LogP contribution in [0.4, 0.5) is 0 Å². The second kappa shape index (κ2) is 9.21. The third kappa shape index (κ3) is 8.83. The first-order valence-electron chi connectivity index (χ1n) is 2.41. The molecule has 0 heterocycles. The van der Waals surface area contributed by atoms with E-state index in [4.69, 9.17) is 0 Å². The summed E-state index contributed by atoms with van der Waals surface area (Å²) in [5.74, 6) is 0. The van der Waals surface area contributed by atoms with Crippen LogP contribution in [0, 0.1) is 0 Å². The van der Waals surface area contributed by atoms with Gasteiger partial charge in [0.2, 0.25) is 0 Å². The van der Waals surface area contributed by atoms with E-state index in [2.05, 4.69) is 14.7 Å². The fraction of sp³-hybridized carbons (Fsp3) is 1.00. The standard InChI is InChI=1S/C2H9B3.Mn/c1-2-4-5-3;/h4-5H,2-3H2,1H3;. The Kier molecular flexibility index (Phi) is 15.1. The van der Waals surface area contributed by atoms with Crippen molar-refractivity contribution in [2.45, 2.75) is 13.2 Å². The fourth-order valence-electron chi connectivity index (χ4n) is 0.354. The molecule has 0 aliphatic heterocycles. The summed E-state index contributed by atoms with van der Waals surface area (Å²) in [7, 11) is 4.94. The van der Waals surface area contributed by atoms with E-state index in [1.54, 1.807) is 0 Å². The molecule has 0 nitrogen and oxygen atoms in total. The van der Waals surface area contributed by atoms with Gasteiger partial charge < -0.3 is 0 Å². The van der Waals surface area contributed by atoms with Crippen LogP contribution in [0.1, 0.15) is 6.92 Å². The van der Waals surface area contributed by atoms with E-state index in [9.17, 15) is 0 Å². The van der Waals surface area contributed by atoms with Crippen molar-refractivity contribution in [1.82, 2.24) is 0 Å². The van der Waals surface area contributed by atoms with Gasteiger partial charge in [0.25, 0.3) is 0 Å². The minimum absolute atomic E-state index is 0. The first-order chi connectivity index (χ1) is 2.41. The first-order valence-corrected chi connectivity index (χ1v) is 2.41. The Morgan fingerprint density at radius 2 is 2.17 bits per heavy atom. The van der Waals surface area contributed by atoms with Gasteiger partial charge >= 0.3 is 0 Å². The Balaban J connectivity index is 0. The van der Waals surface area contributed by atoms with Gasteiger partial charge in [0.05, 0.1) is 22.0 Å². The van der Waals surface area contributed by atoms with E-state index in [0.29, 0.717) is 0 Å². The summed E-state index contributed by atoms with van der Waals surface area (Å²) < 4.78 is 0. The van der Waals surface area contributed by atoms with E-state index < -0.39 is 0 Å². The molecule has 0 bridgehead atoms. The van der Waals surface area contributed by atoms with E-state index in [0.717, 1.165) is 0 Å². The van der Waals surface area contributed by atoms with E-state index in [1.165, 1.54) is 20.6 Å². The van der Waals surface area contributed by atoms with Crippen LogP contribution in [0.25, 0.3) is 0 Å². The summed E-state index contributed by atoms with van der Waals surface area (Å²) >= 11 is 0. The zero-order valence-corrected chi connectivity index (χ0v) is 5.68. The predicted molar refractivity (Wildman–Crippen MR) is 33.3 cm³/mol. The number of hydrogen-bond acceptors (Lipinski definition) is 0. The molecule has 0 spiro atoms. The number of rotatable bonds is 2. The molecule has 4 heteroatoms. The predicted octanol–water partition coefficient (Wildman–Crippen LogP) is -1.24. The van der Waals surface area contributed by atoms with Gasteiger partial charge in [-0.05, 0) is 0 Å². The molecule has 0 aromatic heterocycles. The second-order valence-electron chi connectivity index (χ2n) is 1.35. The zero-order chi connectivity index (χ0) is 4.12. The van der Waals surface area contributed by atoms with E-state index in [1.807, 2.05) is 0 Å². The molecule has 0 aliphatic carbocycles. The Hall–Kier alpha value is 0.714. The molecule has 1 radical (unpaired) electrons. The molecule has 0 unspecified atom stereocenters. The maximum atomic E-state index is 2.21. The van der Waals surface area contributed by atoms with Crippen molar-refractivity contribution in [1.29, 1.82) is 0 Å². The average Bonchev–Trinajstić information content (AvgIpc) is 1.41. The zero-order valence-electron chi connectivity index (χ0n) is 4.50. The van der Waals surface area contributed by atoms with Gasteiger partial charge in [-0.25, -0.2) is 0 Å². The SMILES string of the molecule is BBBCC.[Mn]. The molecule has 0 aliphatic rings. The normalized spacial score (nSPS) is 5.50. The van der Waals surface area contributed by atoms with Gasteiger partial charge in [0.15, 0.2) is 0 Å². The summed E-state index contributed by atoms with van der Waals surface area (Å²) in [6.07, 6.45) is 1.34. The average molecular weight is 120 g/mol. The topological polar surface area (TPSA) is 0 Å². The summed E-state index contributed by atoms with van der Waals surface area (Å²) in [6, 6.07) is 0. The quantitative estimate of drug-likeness (QED) is 0.400. The van der Waals surface area contributed by atoms with Crippen LogP contribution in [-0.4, -0.2) is 22.0 Å². The van der Waals surface area contributed by atoms with Crippen LogP contribution in [0.15, 0.2) is 0 Å². The second-order valence-corrected chi connectivity index (χ2v) is 1.35. The molecule has 0 saturated carbocycles. The first kappa shape index (κ1) is 9.86. The van der Waals surface area contributed by atoms with Crippen LogP contribution in [0.5, 0.6) is 0 Å². The third-order valence-electron chi connectivity index (χ3n) is 0.707. The van der Waals surface area contributed by atoms with Crippen molar-refractivity contribution < 1.29 is 17.1 Å². The van der Waals surface area contributed by atoms with Crippen molar-refractivity contribution in [3.8, 4) is 0 Å². The third-order valence-corrected chi connectivity index (χ3v) is 0.707. The molecule has 0 atom stereocenters. The monoisotopic (exact) mass is 121 g/mol. The Labute approximate surface area is 52.8 Å². The summed E-state index contributed by atoms with van der Waals surface area (Å²) in [6.45, 7) is 2.21. The van der Waals surface area contributed by atoms with Crippen molar-refractivity contribution in [2.24, 2.45) is 0 Å². The molecule has 0 aromatic rings. The largest absolute Gasteiger partial charge is 0.0881 e. The molecule has 0 aromatic carbocycles. The van der Waals surface area contributed by atoms with E-state index >= 15 is 0 Å².